The van der Waals surface area contributed by atoms with Crippen LogP contribution in [0.15, 0.2) is 0 Å². The highest BCUT2D eigenvalue weighted by Crippen LogP contribution is 1.94. The van der Waals surface area contributed by atoms with E-state index in [4.69, 9.17) is 9.84 Å². The number of carbonyl (C=O) groups excluding carboxylic acids is 1. The molecule has 0 aliphatic heterocycles. The van der Waals surface area contributed by atoms with E-state index in [0.29, 0.717) is 13.2 Å². The van der Waals surface area contributed by atoms with Crippen LogP contribution in [0.4, 0.5) is 0 Å². The van der Waals surface area contributed by atoms with Crippen molar-refractivity contribution < 1.29 is 14.6 Å². The molecule has 0 spiro atoms. The molecule has 0 saturated carbocycles. The van der Waals surface area contributed by atoms with Crippen molar-refractivity contribution in [2.75, 3.05) is 26.9 Å². The first-order chi connectivity index (χ1) is 7.60. The number of aliphatic hydroxyl groups is 1. The minimum absolute atomic E-state index is 0.0274. The summed E-state index contributed by atoms with van der Waals surface area (Å²) in [6, 6.07) is 0.280. The second-order valence-electron chi connectivity index (χ2n) is 4.07. The monoisotopic (exact) mass is 232 g/mol. The van der Waals surface area contributed by atoms with Gasteiger partial charge in [-0.05, 0) is 26.7 Å². The molecule has 0 fully saturated rings. The van der Waals surface area contributed by atoms with Crippen molar-refractivity contribution in [1.29, 1.82) is 0 Å². The third-order valence-corrected chi connectivity index (χ3v) is 2.23. The van der Waals surface area contributed by atoms with Crippen molar-refractivity contribution in [3.63, 3.8) is 0 Å². The molecule has 0 aliphatic carbocycles. The van der Waals surface area contributed by atoms with Crippen LogP contribution in [0.5, 0.6) is 0 Å². The number of amides is 1. The third-order valence-electron chi connectivity index (χ3n) is 2.23. The lowest BCUT2D eigenvalue weighted by atomic mass is 10.2. The summed E-state index contributed by atoms with van der Waals surface area (Å²) in [4.78, 5) is 11.4. The smallest absolute Gasteiger partial charge is 0.234 e. The zero-order chi connectivity index (χ0) is 12.4. The number of nitrogens with one attached hydrogen (secondary N) is 2. The van der Waals surface area contributed by atoms with E-state index in [0.717, 1.165) is 12.8 Å². The van der Waals surface area contributed by atoms with Gasteiger partial charge in [0.1, 0.15) is 0 Å². The zero-order valence-electron chi connectivity index (χ0n) is 10.5. The van der Waals surface area contributed by atoms with Gasteiger partial charge in [0, 0.05) is 25.8 Å². The van der Waals surface area contributed by atoms with Crippen molar-refractivity contribution in [3.05, 3.63) is 0 Å². The van der Waals surface area contributed by atoms with Crippen molar-refractivity contribution in [2.45, 2.75) is 38.8 Å². The molecule has 0 radical (unpaired) electrons. The summed E-state index contributed by atoms with van der Waals surface area (Å²) in [5.74, 6) is -0.0274. The molecule has 5 heteroatoms. The second kappa shape index (κ2) is 9.57. The molecule has 5 nitrogen and oxygen atoms in total. The van der Waals surface area contributed by atoms with Gasteiger partial charge in [0.15, 0.2) is 0 Å². The summed E-state index contributed by atoms with van der Waals surface area (Å²) >= 11 is 0. The Bertz CT molecular complexity index is 188. The maximum atomic E-state index is 11.4. The highest BCUT2D eigenvalue weighted by molar-refractivity contribution is 5.78. The molecular weight excluding hydrogens is 208 g/mol. The summed E-state index contributed by atoms with van der Waals surface area (Å²) in [6.07, 6.45) is 1.63. The Morgan fingerprint density at radius 3 is 2.62 bits per heavy atom. The highest BCUT2D eigenvalue weighted by atomic mass is 16.5. The number of rotatable bonds is 9. The summed E-state index contributed by atoms with van der Waals surface area (Å²) in [5, 5.41) is 14.6. The number of aliphatic hydroxyl groups excluding tert-OH is 1. The van der Waals surface area contributed by atoms with E-state index in [1.54, 1.807) is 7.11 Å². The highest BCUT2D eigenvalue weighted by Gasteiger charge is 2.08. The normalized spacial score (nSPS) is 14.5. The number of hydrogen-bond donors (Lipinski definition) is 3. The van der Waals surface area contributed by atoms with Crippen LogP contribution >= 0.6 is 0 Å². The Labute approximate surface area is 97.6 Å². The maximum absolute atomic E-state index is 11.4. The van der Waals surface area contributed by atoms with Crippen LogP contribution in [0.1, 0.15) is 26.7 Å². The first-order valence-corrected chi connectivity index (χ1v) is 5.72. The molecule has 2 atom stereocenters. The number of ether oxygens (including phenoxy) is 1. The molecule has 0 aliphatic rings. The van der Waals surface area contributed by atoms with E-state index in [-0.39, 0.29) is 24.6 Å². The fraction of sp³-hybridized carbons (Fsp3) is 0.909. The predicted molar refractivity (Wildman–Crippen MR) is 63.3 cm³/mol. The van der Waals surface area contributed by atoms with Crippen LogP contribution < -0.4 is 10.6 Å². The average Bonchev–Trinajstić information content (AvgIpc) is 2.23. The molecule has 96 valence electrons. The first kappa shape index (κ1) is 15.3. The molecule has 0 bridgehead atoms. The number of carbonyl (C=O) groups is 1. The fourth-order valence-corrected chi connectivity index (χ4v) is 1.38. The Morgan fingerprint density at radius 1 is 1.38 bits per heavy atom. The molecule has 3 N–H and O–H groups in total. The number of methoxy groups -OCH3 is 1. The quantitative estimate of drug-likeness (QED) is 0.519. The first-order valence-electron chi connectivity index (χ1n) is 5.72. The lowest BCUT2D eigenvalue weighted by molar-refractivity contribution is -0.121. The van der Waals surface area contributed by atoms with Crippen LogP contribution in [0, 0.1) is 0 Å². The Hall–Kier alpha value is -0.650. The van der Waals surface area contributed by atoms with E-state index >= 15 is 0 Å². The van der Waals surface area contributed by atoms with E-state index in [9.17, 15) is 4.79 Å². The van der Waals surface area contributed by atoms with E-state index in [1.807, 2.05) is 13.8 Å². The molecule has 0 aromatic rings. The van der Waals surface area contributed by atoms with Gasteiger partial charge < -0.3 is 20.5 Å². The second-order valence-corrected chi connectivity index (χ2v) is 4.07. The van der Waals surface area contributed by atoms with Crippen molar-refractivity contribution in [2.24, 2.45) is 0 Å². The van der Waals surface area contributed by atoms with Crippen molar-refractivity contribution in [3.8, 4) is 0 Å². The predicted octanol–water partition coefficient (Wildman–Crippen LogP) is -0.112. The van der Waals surface area contributed by atoms with E-state index in [1.165, 1.54) is 0 Å². The van der Waals surface area contributed by atoms with Gasteiger partial charge in [0.25, 0.3) is 0 Å². The fourth-order valence-electron chi connectivity index (χ4n) is 1.38. The summed E-state index contributed by atoms with van der Waals surface area (Å²) in [7, 11) is 1.61. The summed E-state index contributed by atoms with van der Waals surface area (Å²) in [6.45, 7) is 4.92. The van der Waals surface area contributed by atoms with Crippen molar-refractivity contribution >= 4 is 5.91 Å². The van der Waals surface area contributed by atoms with Crippen LogP contribution in [-0.4, -0.2) is 50.0 Å². The standard InChI is InChI=1S/C11H24N2O3/c1-9(5-4-6-14)12-7-11(15)13-10(2)8-16-3/h9-10,12,14H,4-8H2,1-3H3,(H,13,15). The maximum Gasteiger partial charge on any atom is 0.234 e. The molecule has 0 aromatic carbocycles. The summed E-state index contributed by atoms with van der Waals surface area (Å²) < 4.78 is 4.92. The molecule has 0 rings (SSSR count). The molecule has 0 saturated heterocycles. The molecular formula is C11H24N2O3. The molecule has 2 unspecified atom stereocenters. The van der Waals surface area contributed by atoms with E-state index < -0.39 is 0 Å². The van der Waals surface area contributed by atoms with Gasteiger partial charge in [-0.2, -0.15) is 0 Å². The van der Waals surface area contributed by atoms with Crippen LogP contribution in [0.3, 0.4) is 0 Å². The van der Waals surface area contributed by atoms with Gasteiger partial charge in [-0.3, -0.25) is 4.79 Å². The molecule has 0 heterocycles. The van der Waals surface area contributed by atoms with Gasteiger partial charge in [-0.25, -0.2) is 0 Å². The van der Waals surface area contributed by atoms with Crippen molar-refractivity contribution in [1.82, 2.24) is 10.6 Å². The molecule has 16 heavy (non-hydrogen) atoms. The van der Waals surface area contributed by atoms with Crippen LogP contribution in [-0.2, 0) is 9.53 Å². The Balaban J connectivity index is 3.56. The van der Waals surface area contributed by atoms with Gasteiger partial charge in [-0.1, -0.05) is 0 Å². The van der Waals surface area contributed by atoms with Gasteiger partial charge in [0.2, 0.25) is 5.91 Å². The Morgan fingerprint density at radius 2 is 2.06 bits per heavy atom. The zero-order valence-corrected chi connectivity index (χ0v) is 10.5. The average molecular weight is 232 g/mol. The van der Waals surface area contributed by atoms with Gasteiger partial charge in [0.05, 0.1) is 13.2 Å². The van der Waals surface area contributed by atoms with E-state index in [2.05, 4.69) is 10.6 Å². The molecule has 0 aromatic heterocycles. The SMILES string of the molecule is COCC(C)NC(=O)CNC(C)CCCO. The lowest BCUT2D eigenvalue weighted by Gasteiger charge is -2.15. The van der Waals surface area contributed by atoms with Crippen LogP contribution in [0.25, 0.3) is 0 Å². The van der Waals surface area contributed by atoms with Crippen LogP contribution in [0.2, 0.25) is 0 Å². The topological polar surface area (TPSA) is 70.6 Å². The minimum Gasteiger partial charge on any atom is -0.396 e. The van der Waals surface area contributed by atoms with Gasteiger partial charge in [-0.15, -0.1) is 0 Å². The number of hydrogen-bond acceptors (Lipinski definition) is 4. The minimum atomic E-state index is -0.0274. The molecule has 1 amide bonds. The largest absolute Gasteiger partial charge is 0.396 e. The Kier molecular flexibility index (Phi) is 9.18. The lowest BCUT2D eigenvalue weighted by Crippen LogP contribution is -2.43. The summed E-state index contributed by atoms with van der Waals surface area (Å²) in [5.41, 5.74) is 0. The third kappa shape index (κ3) is 8.64. The van der Waals surface area contributed by atoms with Gasteiger partial charge >= 0.3 is 0 Å².